The van der Waals surface area contributed by atoms with Crippen molar-refractivity contribution >= 4 is 33.3 Å². The van der Waals surface area contributed by atoms with Gasteiger partial charge in [0.1, 0.15) is 0 Å². The summed E-state index contributed by atoms with van der Waals surface area (Å²) in [6.45, 7) is 1.54. The van der Waals surface area contributed by atoms with E-state index in [4.69, 9.17) is 0 Å². The van der Waals surface area contributed by atoms with Gasteiger partial charge in [-0.25, -0.2) is 0 Å². The highest BCUT2D eigenvalue weighted by Crippen LogP contribution is 2.24. The van der Waals surface area contributed by atoms with Crippen molar-refractivity contribution in [2.24, 2.45) is 5.92 Å². The lowest BCUT2D eigenvalue weighted by Crippen LogP contribution is -2.41. The molecule has 2 aromatic carbocycles. The molecule has 5 nitrogen and oxygen atoms in total. The minimum atomic E-state index is -0.0620. The van der Waals surface area contributed by atoms with E-state index in [1.807, 2.05) is 66.7 Å². The van der Waals surface area contributed by atoms with E-state index in [0.29, 0.717) is 6.54 Å². The molecule has 6 heteroatoms. The number of piperidine rings is 1. The molecular weight excluding hydrogens is 416 g/mol. The summed E-state index contributed by atoms with van der Waals surface area (Å²) in [6, 6.07) is 21.6. The zero-order valence-electron chi connectivity index (χ0n) is 15.4. The number of anilines is 2. The molecule has 1 fully saturated rings. The molecule has 1 unspecified atom stereocenters. The molecule has 0 saturated carbocycles. The Morgan fingerprint density at radius 1 is 1.00 bits per heavy atom. The monoisotopic (exact) mass is 436 g/mol. The first-order valence-corrected chi connectivity index (χ1v) is 10.2. The Morgan fingerprint density at radius 3 is 2.50 bits per heavy atom. The molecule has 2 heterocycles. The van der Waals surface area contributed by atoms with Crippen LogP contribution in [0.15, 0.2) is 71.2 Å². The second-order valence-corrected chi connectivity index (χ2v) is 7.84. The summed E-state index contributed by atoms with van der Waals surface area (Å²) in [7, 11) is 0. The molecule has 1 aliphatic heterocycles. The van der Waals surface area contributed by atoms with Crippen LogP contribution in [-0.4, -0.2) is 29.2 Å². The maximum Gasteiger partial charge on any atom is 0.229 e. The predicted molar refractivity (Wildman–Crippen MR) is 115 cm³/mol. The smallest absolute Gasteiger partial charge is 0.229 e. The van der Waals surface area contributed by atoms with E-state index < -0.39 is 0 Å². The lowest BCUT2D eigenvalue weighted by molar-refractivity contribution is -0.120. The minimum absolute atomic E-state index is 0.0564. The molecule has 28 heavy (non-hydrogen) atoms. The van der Waals surface area contributed by atoms with Crippen molar-refractivity contribution in [3.63, 3.8) is 0 Å². The van der Waals surface area contributed by atoms with Gasteiger partial charge < -0.3 is 10.2 Å². The number of nitrogens with one attached hydrogen (secondary N) is 1. The fourth-order valence-electron chi connectivity index (χ4n) is 3.43. The summed E-state index contributed by atoms with van der Waals surface area (Å²) < 4.78 is 0.992. The zero-order chi connectivity index (χ0) is 19.3. The van der Waals surface area contributed by atoms with Gasteiger partial charge in [-0.3, -0.25) is 4.79 Å². The van der Waals surface area contributed by atoms with Gasteiger partial charge in [-0.1, -0.05) is 46.3 Å². The molecule has 1 aromatic heterocycles. The number of carbonyl (C=O) groups excluding carboxylic acids is 1. The summed E-state index contributed by atoms with van der Waals surface area (Å²) in [5, 5.41) is 11.8. The van der Waals surface area contributed by atoms with Crippen molar-refractivity contribution in [1.29, 1.82) is 0 Å². The Morgan fingerprint density at radius 2 is 1.79 bits per heavy atom. The number of hydrogen-bond acceptors (Lipinski definition) is 4. The first-order chi connectivity index (χ1) is 13.7. The van der Waals surface area contributed by atoms with E-state index in [-0.39, 0.29) is 11.8 Å². The largest absolute Gasteiger partial charge is 0.354 e. The number of halogens is 1. The van der Waals surface area contributed by atoms with Gasteiger partial charge in [0.05, 0.1) is 11.6 Å². The van der Waals surface area contributed by atoms with Crippen molar-refractivity contribution < 1.29 is 4.79 Å². The fraction of sp³-hybridized carbons (Fsp3) is 0.227. The third kappa shape index (κ3) is 4.39. The molecule has 0 aliphatic carbocycles. The second-order valence-electron chi connectivity index (χ2n) is 6.92. The predicted octanol–water partition coefficient (Wildman–Crippen LogP) is 4.76. The van der Waals surface area contributed by atoms with E-state index in [9.17, 15) is 4.79 Å². The quantitative estimate of drug-likeness (QED) is 0.640. The number of rotatable bonds is 4. The Hall–Kier alpha value is -2.73. The molecule has 1 saturated heterocycles. The van der Waals surface area contributed by atoms with Gasteiger partial charge in [0.25, 0.3) is 0 Å². The van der Waals surface area contributed by atoms with Crippen molar-refractivity contribution in [2.45, 2.75) is 12.8 Å². The maximum absolute atomic E-state index is 12.7. The maximum atomic E-state index is 12.7. The summed E-state index contributed by atoms with van der Waals surface area (Å²) >= 11 is 3.41. The highest BCUT2D eigenvalue weighted by molar-refractivity contribution is 9.10. The average molecular weight is 437 g/mol. The summed E-state index contributed by atoms with van der Waals surface area (Å²) in [5.41, 5.74) is 2.72. The number of amides is 1. The third-order valence-electron chi connectivity index (χ3n) is 4.95. The van der Waals surface area contributed by atoms with E-state index in [1.165, 1.54) is 0 Å². The van der Waals surface area contributed by atoms with E-state index in [2.05, 4.69) is 36.3 Å². The lowest BCUT2D eigenvalue weighted by atomic mass is 9.97. The number of carbonyl (C=O) groups is 1. The Balaban J connectivity index is 1.42. The van der Waals surface area contributed by atoms with Crippen LogP contribution in [0.2, 0.25) is 0 Å². The van der Waals surface area contributed by atoms with Crippen LogP contribution in [0.3, 0.4) is 0 Å². The molecule has 3 aromatic rings. The summed E-state index contributed by atoms with van der Waals surface area (Å²) in [5.74, 6) is 0.815. The van der Waals surface area contributed by atoms with Crippen LogP contribution in [0, 0.1) is 5.92 Å². The average Bonchev–Trinajstić information content (AvgIpc) is 2.76. The normalized spacial score (nSPS) is 16.6. The topological polar surface area (TPSA) is 58.1 Å². The minimum Gasteiger partial charge on any atom is -0.354 e. The first kappa shape index (κ1) is 18.6. The number of hydrogen-bond donors (Lipinski definition) is 1. The standard InChI is InChI=1S/C22H21BrN4O/c23-18-8-10-19(11-9-18)24-22(28)17-7-4-14-27(15-17)21-13-12-20(25-26-21)16-5-2-1-3-6-16/h1-3,5-6,8-13,17H,4,7,14-15H2,(H,24,28). The van der Waals surface area contributed by atoms with Crippen molar-refractivity contribution in [2.75, 3.05) is 23.3 Å². The van der Waals surface area contributed by atoms with E-state index >= 15 is 0 Å². The highest BCUT2D eigenvalue weighted by atomic mass is 79.9. The van der Waals surface area contributed by atoms with Gasteiger partial charge in [0.2, 0.25) is 5.91 Å². The van der Waals surface area contributed by atoms with Crippen molar-refractivity contribution in [3.8, 4) is 11.3 Å². The molecule has 1 amide bonds. The van der Waals surface area contributed by atoms with Gasteiger partial charge in [-0.05, 0) is 49.2 Å². The molecule has 0 spiro atoms. The molecule has 4 rings (SSSR count). The Labute approximate surface area is 172 Å². The third-order valence-corrected chi connectivity index (χ3v) is 5.48. The van der Waals surface area contributed by atoms with Gasteiger partial charge >= 0.3 is 0 Å². The molecule has 142 valence electrons. The van der Waals surface area contributed by atoms with Crippen LogP contribution < -0.4 is 10.2 Å². The second kappa shape index (κ2) is 8.52. The van der Waals surface area contributed by atoms with Gasteiger partial charge in [-0.2, -0.15) is 0 Å². The van der Waals surface area contributed by atoms with Gasteiger partial charge in [0, 0.05) is 28.8 Å². The van der Waals surface area contributed by atoms with E-state index in [0.717, 1.165) is 46.6 Å². The first-order valence-electron chi connectivity index (χ1n) is 9.39. The molecule has 1 aliphatic rings. The molecule has 0 radical (unpaired) electrons. The number of aromatic nitrogens is 2. The van der Waals surface area contributed by atoms with E-state index in [1.54, 1.807) is 0 Å². The van der Waals surface area contributed by atoms with Crippen molar-refractivity contribution in [1.82, 2.24) is 10.2 Å². The fourth-order valence-corrected chi connectivity index (χ4v) is 3.70. The highest BCUT2D eigenvalue weighted by Gasteiger charge is 2.26. The number of nitrogens with zero attached hydrogens (tertiary/aromatic N) is 3. The summed E-state index contributed by atoms with van der Waals surface area (Å²) in [4.78, 5) is 14.8. The SMILES string of the molecule is O=C(Nc1ccc(Br)cc1)C1CCCN(c2ccc(-c3ccccc3)nn2)C1. The molecule has 0 bridgehead atoms. The van der Waals surface area contributed by atoms with Crippen LogP contribution in [0.25, 0.3) is 11.3 Å². The Kier molecular flexibility index (Phi) is 5.67. The van der Waals surface area contributed by atoms with Gasteiger partial charge in [-0.15, -0.1) is 10.2 Å². The van der Waals surface area contributed by atoms with Crippen LogP contribution >= 0.6 is 15.9 Å². The van der Waals surface area contributed by atoms with Crippen LogP contribution in [0.4, 0.5) is 11.5 Å². The van der Waals surface area contributed by atoms with Crippen LogP contribution in [0.1, 0.15) is 12.8 Å². The molecule has 1 atom stereocenters. The Bertz CT molecular complexity index is 929. The molecular formula is C22H21BrN4O. The lowest BCUT2D eigenvalue weighted by Gasteiger charge is -2.32. The summed E-state index contributed by atoms with van der Waals surface area (Å²) in [6.07, 6.45) is 1.84. The van der Waals surface area contributed by atoms with Crippen LogP contribution in [0.5, 0.6) is 0 Å². The zero-order valence-corrected chi connectivity index (χ0v) is 17.0. The van der Waals surface area contributed by atoms with Crippen LogP contribution in [-0.2, 0) is 4.79 Å². The molecule has 1 N–H and O–H groups in total. The van der Waals surface area contributed by atoms with Gasteiger partial charge in [0.15, 0.2) is 5.82 Å². The number of benzene rings is 2. The van der Waals surface area contributed by atoms with Crippen molar-refractivity contribution in [3.05, 3.63) is 71.2 Å².